The monoisotopic (exact) mass is 338 g/mol. The van der Waals surface area contributed by atoms with E-state index in [9.17, 15) is 4.79 Å². The summed E-state index contributed by atoms with van der Waals surface area (Å²) < 4.78 is 10.8. The van der Waals surface area contributed by atoms with Gasteiger partial charge in [-0.2, -0.15) is 0 Å². The van der Waals surface area contributed by atoms with E-state index in [2.05, 4.69) is 17.1 Å². The molecular weight excluding hydrogens is 312 g/mol. The molecule has 1 fully saturated rings. The van der Waals surface area contributed by atoms with E-state index in [1.807, 2.05) is 18.4 Å². The lowest BCUT2D eigenvalue weighted by Crippen LogP contribution is -2.40. The Kier molecular flexibility index (Phi) is 6.59. The highest BCUT2D eigenvalue weighted by Gasteiger charge is 2.24. The molecule has 0 aliphatic carbocycles. The predicted octanol–water partition coefficient (Wildman–Crippen LogP) is 2.64. The summed E-state index contributed by atoms with van der Waals surface area (Å²) in [6, 6.07) is 4.17. The molecule has 2 rings (SSSR count). The molecule has 128 valence electrons. The number of carbonyl (C=O) groups excluding carboxylic acids is 1. The van der Waals surface area contributed by atoms with Gasteiger partial charge in [-0.3, -0.25) is 9.69 Å². The van der Waals surface area contributed by atoms with Crippen molar-refractivity contribution in [1.82, 2.24) is 10.2 Å². The first-order valence-electron chi connectivity index (χ1n) is 7.96. The number of benzene rings is 1. The third-order valence-electron chi connectivity index (χ3n) is 4.34. The Balaban J connectivity index is 2.14. The fraction of sp³-hybridized carbons (Fsp3) is 0.588. The van der Waals surface area contributed by atoms with Gasteiger partial charge >= 0.3 is 0 Å². The van der Waals surface area contributed by atoms with Gasteiger partial charge in [0, 0.05) is 17.5 Å². The standard InChI is InChI=1S/C17H26N2O3S/c1-5-19-8-6-7-12(19)11-18-17(20)14-9-13(23-4)10-15(21-2)16(14)22-3/h9-10,12H,5-8,11H2,1-4H3,(H,18,20)/t12-/m0/s1. The lowest BCUT2D eigenvalue weighted by molar-refractivity contribution is 0.0937. The van der Waals surface area contributed by atoms with E-state index < -0.39 is 0 Å². The maximum atomic E-state index is 12.6. The van der Waals surface area contributed by atoms with Crippen molar-refractivity contribution in [3.05, 3.63) is 17.7 Å². The molecule has 1 heterocycles. The highest BCUT2D eigenvalue weighted by atomic mass is 32.2. The van der Waals surface area contributed by atoms with Crippen LogP contribution in [0.4, 0.5) is 0 Å². The minimum Gasteiger partial charge on any atom is -0.493 e. The van der Waals surface area contributed by atoms with E-state index in [-0.39, 0.29) is 5.91 Å². The van der Waals surface area contributed by atoms with Crippen LogP contribution in [0.15, 0.2) is 17.0 Å². The van der Waals surface area contributed by atoms with E-state index >= 15 is 0 Å². The number of ether oxygens (including phenoxy) is 2. The van der Waals surface area contributed by atoms with Crippen molar-refractivity contribution in [3.63, 3.8) is 0 Å². The van der Waals surface area contributed by atoms with E-state index in [4.69, 9.17) is 9.47 Å². The smallest absolute Gasteiger partial charge is 0.255 e. The van der Waals surface area contributed by atoms with Crippen molar-refractivity contribution < 1.29 is 14.3 Å². The summed E-state index contributed by atoms with van der Waals surface area (Å²) in [5, 5.41) is 3.06. The van der Waals surface area contributed by atoms with Gasteiger partial charge in [0.15, 0.2) is 11.5 Å². The lowest BCUT2D eigenvalue weighted by Gasteiger charge is -2.23. The van der Waals surface area contributed by atoms with Gasteiger partial charge in [0.2, 0.25) is 0 Å². The van der Waals surface area contributed by atoms with Crippen molar-refractivity contribution in [1.29, 1.82) is 0 Å². The molecule has 1 amide bonds. The molecule has 0 bridgehead atoms. The number of rotatable bonds is 7. The number of nitrogens with zero attached hydrogens (tertiary/aromatic N) is 1. The number of carbonyl (C=O) groups is 1. The zero-order valence-electron chi connectivity index (χ0n) is 14.3. The molecule has 6 heteroatoms. The van der Waals surface area contributed by atoms with Crippen LogP contribution in [0.25, 0.3) is 0 Å². The topological polar surface area (TPSA) is 50.8 Å². The number of nitrogens with one attached hydrogen (secondary N) is 1. The molecule has 0 spiro atoms. The maximum absolute atomic E-state index is 12.6. The molecule has 1 atom stereocenters. The van der Waals surface area contributed by atoms with E-state index in [1.54, 1.807) is 26.0 Å². The van der Waals surface area contributed by atoms with Crippen LogP contribution in [-0.4, -0.2) is 57.0 Å². The van der Waals surface area contributed by atoms with Crippen LogP contribution in [0.2, 0.25) is 0 Å². The molecule has 1 saturated heterocycles. The maximum Gasteiger partial charge on any atom is 0.255 e. The second-order valence-electron chi connectivity index (χ2n) is 5.55. The van der Waals surface area contributed by atoms with Gasteiger partial charge in [-0.05, 0) is 44.3 Å². The molecule has 1 aliphatic heterocycles. The van der Waals surface area contributed by atoms with Crippen molar-refractivity contribution >= 4 is 17.7 Å². The first-order chi connectivity index (χ1) is 11.1. The number of methoxy groups -OCH3 is 2. The van der Waals surface area contributed by atoms with Crippen LogP contribution in [0.1, 0.15) is 30.1 Å². The highest BCUT2D eigenvalue weighted by molar-refractivity contribution is 7.98. The Bertz CT molecular complexity index is 551. The Morgan fingerprint density at radius 2 is 2.17 bits per heavy atom. The third-order valence-corrected chi connectivity index (χ3v) is 5.04. The van der Waals surface area contributed by atoms with Crippen LogP contribution in [-0.2, 0) is 0 Å². The van der Waals surface area contributed by atoms with Gasteiger partial charge < -0.3 is 14.8 Å². The molecule has 5 nitrogen and oxygen atoms in total. The largest absolute Gasteiger partial charge is 0.493 e. The fourth-order valence-corrected chi connectivity index (χ4v) is 3.53. The van der Waals surface area contributed by atoms with E-state index in [1.165, 1.54) is 6.42 Å². The zero-order chi connectivity index (χ0) is 16.8. The van der Waals surface area contributed by atoms with Crippen LogP contribution >= 0.6 is 11.8 Å². The summed E-state index contributed by atoms with van der Waals surface area (Å²) in [5.41, 5.74) is 0.525. The lowest BCUT2D eigenvalue weighted by atomic mass is 10.1. The van der Waals surface area contributed by atoms with Crippen LogP contribution in [0, 0.1) is 0 Å². The van der Waals surface area contributed by atoms with Crippen LogP contribution in [0.3, 0.4) is 0 Å². The van der Waals surface area contributed by atoms with Gasteiger partial charge in [-0.15, -0.1) is 11.8 Å². The minimum absolute atomic E-state index is 0.112. The SMILES string of the molecule is CCN1CCC[C@H]1CNC(=O)c1cc(SC)cc(OC)c1OC. The van der Waals surface area contributed by atoms with Crippen LogP contribution in [0.5, 0.6) is 11.5 Å². The van der Waals surface area contributed by atoms with Gasteiger partial charge in [0.05, 0.1) is 19.8 Å². The second-order valence-corrected chi connectivity index (χ2v) is 6.42. The number of hydrogen-bond acceptors (Lipinski definition) is 5. The Labute approximate surface area is 142 Å². The summed E-state index contributed by atoms with van der Waals surface area (Å²) >= 11 is 1.57. The van der Waals surface area contributed by atoms with E-state index in [0.29, 0.717) is 29.6 Å². The molecule has 23 heavy (non-hydrogen) atoms. The molecule has 1 aliphatic rings. The van der Waals surface area contributed by atoms with Crippen molar-refractivity contribution in [2.24, 2.45) is 0 Å². The van der Waals surface area contributed by atoms with Crippen molar-refractivity contribution in [2.75, 3.05) is 40.1 Å². The fourth-order valence-electron chi connectivity index (χ4n) is 3.07. The zero-order valence-corrected chi connectivity index (χ0v) is 15.2. The van der Waals surface area contributed by atoms with E-state index in [0.717, 1.165) is 24.4 Å². The summed E-state index contributed by atoms with van der Waals surface area (Å²) in [6.45, 7) is 4.98. The molecule has 0 unspecified atom stereocenters. The highest BCUT2D eigenvalue weighted by Crippen LogP contribution is 2.35. The van der Waals surface area contributed by atoms with Gasteiger partial charge in [0.25, 0.3) is 5.91 Å². The quantitative estimate of drug-likeness (QED) is 0.775. The van der Waals surface area contributed by atoms with Crippen LogP contribution < -0.4 is 14.8 Å². The number of amides is 1. The van der Waals surface area contributed by atoms with Crippen molar-refractivity contribution in [3.8, 4) is 11.5 Å². The average molecular weight is 338 g/mol. The molecule has 1 N–H and O–H groups in total. The predicted molar refractivity (Wildman–Crippen MR) is 93.9 cm³/mol. The average Bonchev–Trinajstić information content (AvgIpc) is 3.05. The summed E-state index contributed by atoms with van der Waals surface area (Å²) in [7, 11) is 3.14. The molecule has 1 aromatic carbocycles. The summed E-state index contributed by atoms with van der Waals surface area (Å²) in [6.07, 6.45) is 4.31. The molecule has 0 aromatic heterocycles. The summed E-state index contributed by atoms with van der Waals surface area (Å²) in [4.78, 5) is 16.0. The minimum atomic E-state index is -0.112. The molecule has 1 aromatic rings. The Morgan fingerprint density at radius 3 is 2.78 bits per heavy atom. The number of likely N-dealkylation sites (tertiary alicyclic amines) is 1. The van der Waals surface area contributed by atoms with Gasteiger partial charge in [-0.1, -0.05) is 6.92 Å². The molecular formula is C17H26N2O3S. The normalized spacial score (nSPS) is 18.0. The number of hydrogen-bond donors (Lipinski definition) is 1. The second kappa shape index (κ2) is 8.45. The third kappa shape index (κ3) is 4.12. The van der Waals surface area contributed by atoms with Gasteiger partial charge in [-0.25, -0.2) is 0 Å². The summed E-state index contributed by atoms with van der Waals surface area (Å²) in [5.74, 6) is 0.959. The first-order valence-corrected chi connectivity index (χ1v) is 9.19. The molecule has 0 radical (unpaired) electrons. The Morgan fingerprint density at radius 1 is 1.39 bits per heavy atom. The van der Waals surface area contributed by atoms with Crippen molar-refractivity contribution in [2.45, 2.75) is 30.7 Å². The molecule has 0 saturated carbocycles. The Hall–Kier alpha value is -1.40. The number of thioether (sulfide) groups is 1. The number of likely N-dealkylation sites (N-methyl/N-ethyl adjacent to an activating group) is 1. The first kappa shape index (κ1) is 17.9. The van der Waals surface area contributed by atoms with Gasteiger partial charge in [0.1, 0.15) is 0 Å².